The largest absolute Gasteiger partial charge is 0.493 e. The number of amides is 1. The van der Waals surface area contributed by atoms with Crippen LogP contribution in [0.2, 0.25) is 0 Å². The first-order valence-electron chi connectivity index (χ1n) is 8.28. The number of pyridine rings is 1. The molecule has 0 fully saturated rings. The Morgan fingerprint density at radius 2 is 1.72 bits per heavy atom. The number of hydrogen-bond donors (Lipinski definition) is 1. The van der Waals surface area contributed by atoms with Crippen LogP contribution in [0, 0.1) is 0 Å². The zero-order valence-electron chi connectivity index (χ0n) is 14.1. The van der Waals surface area contributed by atoms with Crippen LogP contribution in [0.5, 0.6) is 5.75 Å². The van der Waals surface area contributed by atoms with Gasteiger partial charge in [0.25, 0.3) is 5.91 Å². The first-order chi connectivity index (χ1) is 12.3. The minimum atomic E-state index is -0.329. The maximum Gasteiger partial charge on any atom is 0.255 e. The molecule has 3 aromatic rings. The molecule has 2 aromatic carbocycles. The van der Waals surface area contributed by atoms with E-state index in [0.717, 1.165) is 11.3 Å². The SMILES string of the molecule is CCOc1ccccc1C(=O)NC(c1ccccc1)c1ccccn1. The Hall–Kier alpha value is -3.14. The minimum Gasteiger partial charge on any atom is -0.493 e. The summed E-state index contributed by atoms with van der Waals surface area (Å²) in [6.07, 6.45) is 1.73. The second-order valence-corrected chi connectivity index (χ2v) is 5.50. The molecular weight excluding hydrogens is 312 g/mol. The lowest BCUT2D eigenvalue weighted by atomic mass is 10.0. The number of para-hydroxylation sites is 1. The summed E-state index contributed by atoms with van der Waals surface area (Å²) in [7, 11) is 0. The lowest BCUT2D eigenvalue weighted by molar-refractivity contribution is 0.0938. The Kier molecular flexibility index (Phi) is 5.42. The van der Waals surface area contributed by atoms with Crippen molar-refractivity contribution in [1.29, 1.82) is 0 Å². The van der Waals surface area contributed by atoms with Gasteiger partial charge in [-0.05, 0) is 36.8 Å². The number of nitrogens with zero attached hydrogens (tertiary/aromatic N) is 1. The molecule has 1 heterocycles. The average molecular weight is 332 g/mol. The third-order valence-corrected chi connectivity index (χ3v) is 3.82. The smallest absolute Gasteiger partial charge is 0.255 e. The van der Waals surface area contributed by atoms with Crippen LogP contribution in [0.3, 0.4) is 0 Å². The molecule has 0 saturated carbocycles. The van der Waals surface area contributed by atoms with E-state index in [1.54, 1.807) is 18.3 Å². The molecule has 1 N–H and O–H groups in total. The fraction of sp³-hybridized carbons (Fsp3) is 0.143. The van der Waals surface area contributed by atoms with Crippen molar-refractivity contribution >= 4 is 5.91 Å². The summed E-state index contributed by atoms with van der Waals surface area (Å²) in [5.41, 5.74) is 2.28. The van der Waals surface area contributed by atoms with E-state index < -0.39 is 0 Å². The fourth-order valence-electron chi connectivity index (χ4n) is 2.66. The zero-order chi connectivity index (χ0) is 17.5. The van der Waals surface area contributed by atoms with Gasteiger partial charge in [0, 0.05) is 6.20 Å². The lowest BCUT2D eigenvalue weighted by Crippen LogP contribution is -2.30. The molecule has 1 atom stereocenters. The quantitative estimate of drug-likeness (QED) is 0.742. The van der Waals surface area contributed by atoms with Gasteiger partial charge in [-0.3, -0.25) is 9.78 Å². The summed E-state index contributed by atoms with van der Waals surface area (Å²) in [5, 5.41) is 3.08. The number of carbonyl (C=O) groups excluding carboxylic acids is 1. The molecule has 4 heteroatoms. The summed E-state index contributed by atoms with van der Waals surface area (Å²) in [6, 6.07) is 22.4. The Morgan fingerprint density at radius 3 is 2.44 bits per heavy atom. The normalized spacial score (nSPS) is 11.6. The van der Waals surface area contributed by atoms with E-state index in [-0.39, 0.29) is 11.9 Å². The highest BCUT2D eigenvalue weighted by Gasteiger charge is 2.20. The van der Waals surface area contributed by atoms with Crippen LogP contribution in [0.4, 0.5) is 0 Å². The highest BCUT2D eigenvalue weighted by atomic mass is 16.5. The predicted molar refractivity (Wildman–Crippen MR) is 97.6 cm³/mol. The number of nitrogens with one attached hydrogen (secondary N) is 1. The fourth-order valence-corrected chi connectivity index (χ4v) is 2.66. The van der Waals surface area contributed by atoms with Crippen molar-refractivity contribution in [2.75, 3.05) is 6.61 Å². The molecule has 1 aromatic heterocycles. The zero-order valence-corrected chi connectivity index (χ0v) is 14.1. The number of benzene rings is 2. The molecule has 1 amide bonds. The molecular formula is C21H20N2O2. The second-order valence-electron chi connectivity index (χ2n) is 5.50. The van der Waals surface area contributed by atoms with Crippen LogP contribution < -0.4 is 10.1 Å². The van der Waals surface area contributed by atoms with Gasteiger partial charge in [0.1, 0.15) is 5.75 Å². The minimum absolute atomic E-state index is 0.191. The molecule has 0 aliphatic rings. The van der Waals surface area contributed by atoms with E-state index in [0.29, 0.717) is 17.9 Å². The first-order valence-corrected chi connectivity index (χ1v) is 8.28. The Morgan fingerprint density at radius 1 is 1.00 bits per heavy atom. The molecule has 0 aliphatic heterocycles. The number of hydrogen-bond acceptors (Lipinski definition) is 3. The Labute approximate surface area is 147 Å². The van der Waals surface area contributed by atoms with Crippen LogP contribution in [-0.4, -0.2) is 17.5 Å². The number of ether oxygens (including phenoxy) is 1. The van der Waals surface area contributed by atoms with Gasteiger partial charge in [0.15, 0.2) is 0 Å². The molecule has 0 radical (unpaired) electrons. The van der Waals surface area contributed by atoms with Gasteiger partial charge in [0.05, 0.1) is 23.9 Å². The molecule has 1 unspecified atom stereocenters. The van der Waals surface area contributed by atoms with Crippen molar-refractivity contribution in [3.63, 3.8) is 0 Å². The topological polar surface area (TPSA) is 51.2 Å². The summed E-state index contributed by atoms with van der Waals surface area (Å²) in [5.74, 6) is 0.388. The lowest BCUT2D eigenvalue weighted by Gasteiger charge is -2.20. The van der Waals surface area contributed by atoms with Gasteiger partial charge in [-0.1, -0.05) is 48.5 Å². The summed E-state index contributed by atoms with van der Waals surface area (Å²) >= 11 is 0. The summed E-state index contributed by atoms with van der Waals surface area (Å²) in [4.78, 5) is 17.3. The van der Waals surface area contributed by atoms with E-state index in [1.165, 1.54) is 0 Å². The highest BCUT2D eigenvalue weighted by molar-refractivity contribution is 5.97. The molecule has 0 saturated heterocycles. The first kappa shape index (κ1) is 16.7. The van der Waals surface area contributed by atoms with Crippen molar-refractivity contribution in [2.45, 2.75) is 13.0 Å². The van der Waals surface area contributed by atoms with Crippen LogP contribution in [0.25, 0.3) is 0 Å². The van der Waals surface area contributed by atoms with Crippen molar-refractivity contribution in [2.24, 2.45) is 0 Å². The van der Waals surface area contributed by atoms with Gasteiger partial charge in [-0.2, -0.15) is 0 Å². The maximum absolute atomic E-state index is 12.9. The van der Waals surface area contributed by atoms with Gasteiger partial charge < -0.3 is 10.1 Å². The highest BCUT2D eigenvalue weighted by Crippen LogP contribution is 2.23. The van der Waals surface area contributed by atoms with Crippen molar-refractivity contribution < 1.29 is 9.53 Å². The third-order valence-electron chi connectivity index (χ3n) is 3.82. The number of carbonyl (C=O) groups is 1. The number of aromatic nitrogens is 1. The molecule has 126 valence electrons. The molecule has 4 nitrogen and oxygen atoms in total. The van der Waals surface area contributed by atoms with Crippen LogP contribution >= 0.6 is 0 Å². The van der Waals surface area contributed by atoms with Gasteiger partial charge >= 0.3 is 0 Å². The molecule has 0 spiro atoms. The van der Waals surface area contributed by atoms with Crippen molar-refractivity contribution in [3.05, 3.63) is 95.8 Å². The standard InChI is InChI=1S/C21H20N2O2/c1-2-25-19-14-7-6-12-17(19)21(24)23-20(16-10-4-3-5-11-16)18-13-8-9-15-22-18/h3-15,20H,2H2,1H3,(H,23,24). The number of rotatable bonds is 6. The Balaban J connectivity index is 1.92. The average Bonchev–Trinajstić information content (AvgIpc) is 2.68. The molecule has 0 bridgehead atoms. The molecule has 25 heavy (non-hydrogen) atoms. The molecule has 3 rings (SSSR count). The summed E-state index contributed by atoms with van der Waals surface area (Å²) < 4.78 is 5.57. The van der Waals surface area contributed by atoms with Gasteiger partial charge in [-0.25, -0.2) is 0 Å². The van der Waals surface area contributed by atoms with Crippen LogP contribution in [-0.2, 0) is 0 Å². The van der Waals surface area contributed by atoms with E-state index in [1.807, 2.05) is 67.6 Å². The monoisotopic (exact) mass is 332 g/mol. The van der Waals surface area contributed by atoms with E-state index >= 15 is 0 Å². The predicted octanol–water partition coefficient (Wildman–Crippen LogP) is 4.00. The van der Waals surface area contributed by atoms with Crippen molar-refractivity contribution in [3.8, 4) is 5.75 Å². The van der Waals surface area contributed by atoms with Crippen LogP contribution in [0.1, 0.15) is 34.6 Å². The van der Waals surface area contributed by atoms with Gasteiger partial charge in [0.2, 0.25) is 0 Å². The molecule has 0 aliphatic carbocycles. The third kappa shape index (κ3) is 4.04. The maximum atomic E-state index is 12.9. The van der Waals surface area contributed by atoms with Crippen molar-refractivity contribution in [1.82, 2.24) is 10.3 Å². The Bertz CT molecular complexity index is 780. The van der Waals surface area contributed by atoms with E-state index in [4.69, 9.17) is 4.74 Å². The van der Waals surface area contributed by atoms with E-state index in [2.05, 4.69) is 10.3 Å². The van der Waals surface area contributed by atoms with Crippen LogP contribution in [0.15, 0.2) is 79.0 Å². The summed E-state index contributed by atoms with van der Waals surface area (Å²) in [6.45, 7) is 2.40. The van der Waals surface area contributed by atoms with E-state index in [9.17, 15) is 4.79 Å². The second kappa shape index (κ2) is 8.11. The van der Waals surface area contributed by atoms with Gasteiger partial charge in [-0.15, -0.1) is 0 Å².